The minimum absolute atomic E-state index is 0.125. The lowest BCUT2D eigenvalue weighted by Gasteiger charge is -2.40. The predicted molar refractivity (Wildman–Crippen MR) is 159 cm³/mol. The third-order valence-corrected chi connectivity index (χ3v) is 7.83. The van der Waals surface area contributed by atoms with Crippen LogP contribution in [0.15, 0.2) is 60.7 Å². The number of unbranched alkanes of at least 4 members (excludes halogenated alkanes) is 1. The Morgan fingerprint density at radius 1 is 0.763 bits per heavy atom. The molecule has 5 heteroatoms. The maximum atomic E-state index is 8.73. The van der Waals surface area contributed by atoms with Crippen LogP contribution in [0.2, 0.25) is 0 Å². The summed E-state index contributed by atoms with van der Waals surface area (Å²) in [6, 6.07) is 22.9. The van der Waals surface area contributed by atoms with Crippen LogP contribution in [0.4, 0.5) is 0 Å². The van der Waals surface area contributed by atoms with Crippen LogP contribution in [0.1, 0.15) is 69.9 Å². The van der Waals surface area contributed by atoms with Crippen LogP contribution in [-0.4, -0.2) is 84.4 Å². The molecule has 2 aromatic carbocycles. The molecule has 1 N–H and O–H groups in total. The number of piperidine rings is 2. The second-order valence-electron chi connectivity index (χ2n) is 11.2. The topological polar surface area (TPSA) is 39.2 Å². The quantitative estimate of drug-likeness (QED) is 0.335. The van der Waals surface area contributed by atoms with Crippen molar-refractivity contribution in [3.63, 3.8) is 0 Å². The van der Waals surface area contributed by atoms with Gasteiger partial charge >= 0.3 is 0 Å². The van der Waals surface area contributed by atoms with E-state index >= 15 is 0 Å². The zero-order valence-electron chi connectivity index (χ0n) is 24.1. The molecule has 38 heavy (non-hydrogen) atoms. The van der Waals surface area contributed by atoms with Crippen LogP contribution >= 0.6 is 0 Å². The van der Waals surface area contributed by atoms with Gasteiger partial charge in [0.25, 0.3) is 0 Å². The fourth-order valence-electron chi connectivity index (χ4n) is 5.74. The second-order valence-corrected chi connectivity index (χ2v) is 11.2. The first-order chi connectivity index (χ1) is 18.7. The summed E-state index contributed by atoms with van der Waals surface area (Å²) >= 11 is 0. The van der Waals surface area contributed by atoms with Crippen molar-refractivity contribution in [2.75, 3.05) is 52.5 Å². The third-order valence-electron chi connectivity index (χ3n) is 7.83. The largest absolute Gasteiger partial charge is 0.394 e. The van der Waals surface area contributed by atoms with Crippen LogP contribution in [0.5, 0.6) is 0 Å². The molecule has 0 atom stereocenters. The van der Waals surface area contributed by atoms with E-state index in [2.05, 4.69) is 89.2 Å². The van der Waals surface area contributed by atoms with Crippen LogP contribution in [-0.2, 0) is 17.8 Å². The van der Waals surface area contributed by atoms with Gasteiger partial charge in [0.2, 0.25) is 0 Å². The Morgan fingerprint density at radius 3 is 1.84 bits per heavy atom. The van der Waals surface area contributed by atoms with E-state index in [0.717, 1.165) is 32.7 Å². The summed E-state index contributed by atoms with van der Waals surface area (Å²) in [6.07, 6.45) is 8.98. The smallest absolute Gasteiger partial charge is 0.0697 e. The molecule has 2 fully saturated rings. The third kappa shape index (κ3) is 12.0. The molecule has 2 aromatic rings. The molecule has 5 nitrogen and oxygen atoms in total. The lowest BCUT2D eigenvalue weighted by Crippen LogP contribution is -2.47. The lowest BCUT2D eigenvalue weighted by atomic mass is 10.0. The predicted octanol–water partition coefficient (Wildman–Crippen LogP) is 5.82. The van der Waals surface area contributed by atoms with E-state index in [1.54, 1.807) is 0 Å². The van der Waals surface area contributed by atoms with Gasteiger partial charge in [-0.15, -0.1) is 0 Å². The zero-order chi connectivity index (χ0) is 26.8. The van der Waals surface area contributed by atoms with E-state index < -0.39 is 0 Å². The van der Waals surface area contributed by atoms with Gasteiger partial charge in [-0.25, -0.2) is 0 Å². The van der Waals surface area contributed by atoms with E-state index in [0.29, 0.717) is 18.7 Å². The Labute approximate surface area is 232 Å². The number of ether oxygens (including phenoxy) is 1. The number of benzene rings is 2. The number of nitrogens with zero attached hydrogens (tertiary/aromatic N) is 3. The molecule has 0 radical (unpaired) electrons. The van der Waals surface area contributed by atoms with E-state index in [1.165, 1.54) is 75.8 Å². The van der Waals surface area contributed by atoms with Gasteiger partial charge in [0.1, 0.15) is 0 Å². The lowest BCUT2D eigenvalue weighted by molar-refractivity contribution is 0.0691. The molecular formula is C33H53N3O2. The number of rotatable bonds is 13. The molecule has 0 bridgehead atoms. The normalized spacial score (nSPS) is 17.5. The van der Waals surface area contributed by atoms with Gasteiger partial charge in [-0.05, 0) is 96.2 Å². The monoisotopic (exact) mass is 523 g/mol. The SMILES string of the molecule is CC(C)N(CCCCOCCO)C1CCN(Cc2ccccc2)CC1.c1ccc(CN2CCCCC2)cc1. The number of hydrogen-bond donors (Lipinski definition) is 1. The van der Waals surface area contributed by atoms with Crippen molar-refractivity contribution >= 4 is 0 Å². The maximum absolute atomic E-state index is 8.73. The first-order valence-corrected chi connectivity index (χ1v) is 15.1. The minimum Gasteiger partial charge on any atom is -0.394 e. The van der Waals surface area contributed by atoms with Crippen molar-refractivity contribution in [3.8, 4) is 0 Å². The number of aliphatic hydroxyl groups is 1. The van der Waals surface area contributed by atoms with Crippen LogP contribution in [0, 0.1) is 0 Å². The molecule has 2 saturated heterocycles. The molecule has 2 heterocycles. The molecule has 2 aliphatic rings. The Bertz CT molecular complexity index is 819. The highest BCUT2D eigenvalue weighted by molar-refractivity contribution is 5.15. The molecule has 212 valence electrons. The van der Waals surface area contributed by atoms with Gasteiger partial charge in [0.15, 0.2) is 0 Å². The van der Waals surface area contributed by atoms with E-state index in [1.807, 2.05) is 0 Å². The molecule has 0 aromatic heterocycles. The van der Waals surface area contributed by atoms with E-state index in [-0.39, 0.29) is 6.61 Å². The second kappa shape index (κ2) is 18.5. The van der Waals surface area contributed by atoms with Gasteiger partial charge in [0, 0.05) is 31.8 Å². The minimum atomic E-state index is 0.125. The fraction of sp³-hybridized carbons (Fsp3) is 0.636. The van der Waals surface area contributed by atoms with Crippen molar-refractivity contribution < 1.29 is 9.84 Å². The summed E-state index contributed by atoms with van der Waals surface area (Å²) in [4.78, 5) is 7.83. The molecule has 0 aliphatic carbocycles. The van der Waals surface area contributed by atoms with Crippen molar-refractivity contribution in [2.24, 2.45) is 0 Å². The fourth-order valence-corrected chi connectivity index (χ4v) is 5.74. The summed E-state index contributed by atoms with van der Waals surface area (Å²) in [5.74, 6) is 0. The molecule has 4 rings (SSSR count). The van der Waals surface area contributed by atoms with Crippen LogP contribution < -0.4 is 0 Å². The number of aliphatic hydroxyl groups excluding tert-OH is 1. The van der Waals surface area contributed by atoms with Crippen molar-refractivity contribution in [1.29, 1.82) is 0 Å². The summed E-state index contributed by atoms with van der Waals surface area (Å²) < 4.78 is 5.37. The Balaban J connectivity index is 0.000000256. The Morgan fingerprint density at radius 2 is 1.32 bits per heavy atom. The van der Waals surface area contributed by atoms with Crippen LogP contribution in [0.25, 0.3) is 0 Å². The highest BCUT2D eigenvalue weighted by atomic mass is 16.5. The first kappa shape index (κ1) is 30.8. The van der Waals surface area contributed by atoms with Gasteiger partial charge in [0.05, 0.1) is 13.2 Å². The average Bonchev–Trinajstić information content (AvgIpc) is 2.95. The highest BCUT2D eigenvalue weighted by Gasteiger charge is 2.25. The first-order valence-electron chi connectivity index (χ1n) is 15.1. The van der Waals surface area contributed by atoms with Gasteiger partial charge in [-0.3, -0.25) is 14.7 Å². The molecule has 0 unspecified atom stereocenters. The Hall–Kier alpha value is -1.76. The van der Waals surface area contributed by atoms with E-state index in [4.69, 9.17) is 9.84 Å². The average molecular weight is 524 g/mol. The molecule has 0 spiro atoms. The van der Waals surface area contributed by atoms with Crippen molar-refractivity contribution in [3.05, 3.63) is 71.8 Å². The summed E-state index contributed by atoms with van der Waals surface area (Å²) in [5, 5.41) is 8.73. The summed E-state index contributed by atoms with van der Waals surface area (Å²) in [5.41, 5.74) is 2.87. The van der Waals surface area contributed by atoms with Gasteiger partial charge in [-0.2, -0.15) is 0 Å². The molecular weight excluding hydrogens is 470 g/mol. The van der Waals surface area contributed by atoms with Gasteiger partial charge in [-0.1, -0.05) is 67.1 Å². The number of hydrogen-bond acceptors (Lipinski definition) is 5. The maximum Gasteiger partial charge on any atom is 0.0697 e. The van der Waals surface area contributed by atoms with Gasteiger partial charge < -0.3 is 9.84 Å². The molecule has 0 amide bonds. The standard InChI is InChI=1S/C21H36N2O2.C12H17N/c1-19(2)23(12-6-7-16-25-17-15-24)21-10-13-22(14-11-21)18-20-8-4-3-5-9-20;1-3-7-12(8-4-1)11-13-9-5-2-6-10-13/h3-5,8-9,19,21,24H,6-7,10-18H2,1-2H3;1,3-4,7-8H,2,5-6,9-11H2. The zero-order valence-corrected chi connectivity index (χ0v) is 24.1. The highest BCUT2D eigenvalue weighted by Crippen LogP contribution is 2.21. The van der Waals surface area contributed by atoms with Crippen molar-refractivity contribution in [1.82, 2.24) is 14.7 Å². The van der Waals surface area contributed by atoms with Crippen LogP contribution in [0.3, 0.4) is 0 Å². The molecule has 0 saturated carbocycles. The van der Waals surface area contributed by atoms with Crippen molar-refractivity contribution in [2.45, 2.75) is 84.0 Å². The summed E-state index contributed by atoms with van der Waals surface area (Å²) in [6.45, 7) is 14.3. The molecule has 2 aliphatic heterocycles. The number of likely N-dealkylation sites (tertiary alicyclic amines) is 2. The van der Waals surface area contributed by atoms with E-state index in [9.17, 15) is 0 Å². The Kier molecular flexibility index (Phi) is 15.0. The summed E-state index contributed by atoms with van der Waals surface area (Å²) in [7, 11) is 0.